The van der Waals surface area contributed by atoms with Crippen LogP contribution in [0.1, 0.15) is 29.0 Å². The van der Waals surface area contributed by atoms with Gasteiger partial charge in [0.15, 0.2) is 0 Å². The Morgan fingerprint density at radius 3 is 2.55 bits per heavy atom. The Hall–Kier alpha value is -3.21. The fourth-order valence-electron chi connectivity index (χ4n) is 4.60. The van der Waals surface area contributed by atoms with E-state index in [0.29, 0.717) is 13.2 Å². The molecule has 1 aliphatic rings. The van der Waals surface area contributed by atoms with Gasteiger partial charge in [-0.15, -0.1) is 0 Å². The third-order valence-corrected chi connectivity index (χ3v) is 6.29. The van der Waals surface area contributed by atoms with Gasteiger partial charge < -0.3 is 14.8 Å². The molecule has 4 heteroatoms. The highest BCUT2D eigenvalue weighted by Crippen LogP contribution is 2.31. The number of hydrogen-bond acceptors (Lipinski definition) is 3. The molecule has 1 saturated heterocycles. The first-order valence-electron chi connectivity index (χ1n) is 11.5. The van der Waals surface area contributed by atoms with E-state index in [1.165, 1.54) is 6.07 Å². The van der Waals surface area contributed by atoms with Crippen LogP contribution in [0.15, 0.2) is 91.0 Å². The minimum Gasteiger partial charge on any atom is -0.488 e. The molecule has 3 nitrogen and oxygen atoms in total. The van der Waals surface area contributed by atoms with Crippen LogP contribution in [0, 0.1) is 5.82 Å². The lowest BCUT2D eigenvalue weighted by Gasteiger charge is -2.32. The summed E-state index contributed by atoms with van der Waals surface area (Å²) in [5, 5.41) is 5.64. The van der Waals surface area contributed by atoms with Crippen LogP contribution in [0.25, 0.3) is 10.8 Å². The van der Waals surface area contributed by atoms with Gasteiger partial charge in [-0.3, -0.25) is 0 Å². The molecule has 0 amide bonds. The molecule has 0 aliphatic carbocycles. The Bertz CT molecular complexity index is 1210. The molecule has 33 heavy (non-hydrogen) atoms. The summed E-state index contributed by atoms with van der Waals surface area (Å²) >= 11 is 0. The molecule has 0 spiro atoms. The maximum absolute atomic E-state index is 13.8. The van der Waals surface area contributed by atoms with Crippen molar-refractivity contribution in [3.8, 4) is 5.75 Å². The van der Waals surface area contributed by atoms with E-state index in [4.69, 9.17) is 9.47 Å². The molecule has 1 fully saturated rings. The number of ether oxygens (including phenoxy) is 2. The summed E-state index contributed by atoms with van der Waals surface area (Å²) < 4.78 is 26.5. The molecule has 0 aromatic heterocycles. The Morgan fingerprint density at radius 2 is 1.67 bits per heavy atom. The van der Waals surface area contributed by atoms with Crippen molar-refractivity contribution < 1.29 is 13.9 Å². The molecule has 1 heterocycles. The highest BCUT2D eigenvalue weighted by atomic mass is 19.1. The fourth-order valence-corrected chi connectivity index (χ4v) is 4.60. The summed E-state index contributed by atoms with van der Waals surface area (Å²) in [5.41, 5.74) is 3.21. The van der Waals surface area contributed by atoms with E-state index in [2.05, 4.69) is 41.7 Å². The summed E-state index contributed by atoms with van der Waals surface area (Å²) in [7, 11) is 0. The average molecular weight is 442 g/mol. The average Bonchev–Trinajstić information content (AvgIpc) is 2.87. The zero-order chi connectivity index (χ0) is 22.5. The Kier molecular flexibility index (Phi) is 6.66. The normalized spacial score (nSPS) is 18.3. The number of hydrogen-bond donors (Lipinski definition) is 1. The second-order valence-corrected chi connectivity index (χ2v) is 8.59. The van der Waals surface area contributed by atoms with Gasteiger partial charge in [0.1, 0.15) is 18.2 Å². The van der Waals surface area contributed by atoms with Gasteiger partial charge in [-0.1, -0.05) is 66.7 Å². The Labute approximate surface area is 194 Å². The summed E-state index contributed by atoms with van der Waals surface area (Å²) in [6.45, 7) is 2.66. The topological polar surface area (TPSA) is 30.5 Å². The highest BCUT2D eigenvalue weighted by molar-refractivity contribution is 5.89. The van der Waals surface area contributed by atoms with Crippen molar-refractivity contribution in [3.05, 3.63) is 114 Å². The zero-order valence-corrected chi connectivity index (χ0v) is 18.5. The molecular formula is C29H28FNO2. The Balaban J connectivity index is 1.35. The molecule has 2 unspecified atom stereocenters. The minimum atomic E-state index is -0.195. The predicted molar refractivity (Wildman–Crippen MR) is 130 cm³/mol. The maximum Gasteiger partial charge on any atom is 0.127 e. The summed E-state index contributed by atoms with van der Waals surface area (Å²) in [6, 6.07) is 29.6. The predicted octanol–water partition coefficient (Wildman–Crippen LogP) is 6.22. The van der Waals surface area contributed by atoms with Crippen molar-refractivity contribution >= 4 is 10.8 Å². The third-order valence-electron chi connectivity index (χ3n) is 6.29. The first-order valence-corrected chi connectivity index (χ1v) is 11.5. The van der Waals surface area contributed by atoms with E-state index < -0.39 is 0 Å². The highest BCUT2D eigenvalue weighted by Gasteiger charge is 2.27. The van der Waals surface area contributed by atoms with Gasteiger partial charge in [-0.25, -0.2) is 4.39 Å². The van der Waals surface area contributed by atoms with Gasteiger partial charge >= 0.3 is 0 Å². The van der Waals surface area contributed by atoms with Crippen LogP contribution in [0.5, 0.6) is 5.75 Å². The number of benzene rings is 4. The lowest BCUT2D eigenvalue weighted by molar-refractivity contribution is 0.0105. The number of nitrogens with one attached hydrogen (secondary N) is 1. The molecule has 0 bridgehead atoms. The van der Waals surface area contributed by atoms with Crippen molar-refractivity contribution in [2.45, 2.75) is 31.7 Å². The van der Waals surface area contributed by atoms with Crippen LogP contribution < -0.4 is 10.1 Å². The Morgan fingerprint density at radius 1 is 0.818 bits per heavy atom. The third kappa shape index (κ3) is 5.24. The lowest BCUT2D eigenvalue weighted by atomic mass is 9.87. The standard InChI is InChI=1S/C29H28FNO2/c30-25-11-6-10-24(17-25)27-13-14-31-18-29(27)33-20-22-15-23-9-4-5-12-26(23)28(16-22)32-19-21-7-2-1-3-8-21/h1-12,15-17,27,29,31H,13-14,18-20H2. The SMILES string of the molecule is Fc1cccc(C2CCNCC2OCc2cc(OCc3ccccc3)c3ccccc3c2)c1. The molecule has 1 aliphatic heterocycles. The van der Waals surface area contributed by atoms with E-state index in [1.807, 2.05) is 36.4 Å². The number of piperidine rings is 1. The molecule has 2 atom stereocenters. The van der Waals surface area contributed by atoms with Crippen molar-refractivity contribution in [3.63, 3.8) is 0 Å². The molecular weight excluding hydrogens is 413 g/mol. The molecule has 4 aromatic rings. The molecule has 4 aromatic carbocycles. The van der Waals surface area contributed by atoms with Gasteiger partial charge in [0.25, 0.3) is 0 Å². The zero-order valence-electron chi connectivity index (χ0n) is 18.5. The second-order valence-electron chi connectivity index (χ2n) is 8.59. The van der Waals surface area contributed by atoms with Crippen LogP contribution in [0.4, 0.5) is 4.39 Å². The number of rotatable bonds is 7. The fraction of sp³-hybridized carbons (Fsp3) is 0.241. The van der Waals surface area contributed by atoms with Crippen LogP contribution in [-0.4, -0.2) is 19.2 Å². The van der Waals surface area contributed by atoms with Crippen molar-refractivity contribution in [2.75, 3.05) is 13.1 Å². The van der Waals surface area contributed by atoms with Gasteiger partial charge in [-0.2, -0.15) is 0 Å². The maximum atomic E-state index is 13.8. The molecule has 1 N–H and O–H groups in total. The first-order chi connectivity index (χ1) is 16.3. The van der Waals surface area contributed by atoms with Gasteiger partial charge in [0.2, 0.25) is 0 Å². The van der Waals surface area contributed by atoms with Crippen LogP contribution in [-0.2, 0) is 18.0 Å². The van der Waals surface area contributed by atoms with E-state index >= 15 is 0 Å². The summed E-state index contributed by atoms with van der Waals surface area (Å²) in [6.07, 6.45) is 0.915. The second kappa shape index (κ2) is 10.2. The van der Waals surface area contributed by atoms with Crippen molar-refractivity contribution in [1.29, 1.82) is 0 Å². The van der Waals surface area contributed by atoms with E-state index in [-0.39, 0.29) is 17.8 Å². The van der Waals surface area contributed by atoms with E-state index in [0.717, 1.165) is 52.7 Å². The number of halogens is 1. The molecule has 0 radical (unpaired) electrons. The first kappa shape index (κ1) is 21.6. The minimum absolute atomic E-state index is 0.0132. The smallest absolute Gasteiger partial charge is 0.127 e. The monoisotopic (exact) mass is 441 g/mol. The lowest BCUT2D eigenvalue weighted by Crippen LogP contribution is -2.41. The van der Waals surface area contributed by atoms with Crippen molar-refractivity contribution in [2.24, 2.45) is 0 Å². The quantitative estimate of drug-likeness (QED) is 0.369. The summed E-state index contributed by atoms with van der Waals surface area (Å²) in [4.78, 5) is 0. The van der Waals surface area contributed by atoms with E-state index in [1.54, 1.807) is 12.1 Å². The van der Waals surface area contributed by atoms with Gasteiger partial charge in [-0.05, 0) is 59.3 Å². The van der Waals surface area contributed by atoms with Gasteiger partial charge in [0, 0.05) is 17.8 Å². The van der Waals surface area contributed by atoms with E-state index in [9.17, 15) is 4.39 Å². The van der Waals surface area contributed by atoms with Crippen LogP contribution in [0.3, 0.4) is 0 Å². The van der Waals surface area contributed by atoms with Crippen LogP contribution >= 0.6 is 0 Å². The number of fused-ring (bicyclic) bond motifs is 1. The molecule has 168 valence electrons. The van der Waals surface area contributed by atoms with Gasteiger partial charge in [0.05, 0.1) is 12.7 Å². The van der Waals surface area contributed by atoms with Crippen molar-refractivity contribution in [1.82, 2.24) is 5.32 Å². The molecule has 0 saturated carbocycles. The largest absolute Gasteiger partial charge is 0.488 e. The summed E-state index contributed by atoms with van der Waals surface area (Å²) in [5.74, 6) is 0.842. The van der Waals surface area contributed by atoms with Crippen LogP contribution in [0.2, 0.25) is 0 Å². The molecule has 5 rings (SSSR count).